The Morgan fingerprint density at radius 2 is 1.47 bits per heavy atom. The number of benzene rings is 1. The van der Waals surface area contributed by atoms with Gasteiger partial charge in [-0.2, -0.15) is 12.6 Å². The van der Waals surface area contributed by atoms with Crippen LogP contribution in [0, 0.1) is 33.0 Å². The zero-order valence-corrected chi connectivity index (χ0v) is 32.2. The summed E-state index contributed by atoms with van der Waals surface area (Å²) in [7, 11) is 4.27. The zero-order chi connectivity index (χ0) is 33.3. The monoisotopic (exact) mass is 615 g/mol. The van der Waals surface area contributed by atoms with Crippen molar-refractivity contribution in [1.82, 2.24) is 10.2 Å². The SMILES string of the molecule is C=C(CCCCNCCN(C)C)C(C)(C(C)(C)C)C(C)(C)C(C)(C)C(CC(C)(C)C(C)CCCC)c1ccc(CS)cc1. The van der Waals surface area contributed by atoms with Crippen LogP contribution in [0.15, 0.2) is 36.4 Å². The second-order valence-electron chi connectivity index (χ2n) is 17.0. The van der Waals surface area contributed by atoms with E-state index in [4.69, 9.17) is 6.58 Å². The van der Waals surface area contributed by atoms with Gasteiger partial charge in [0.1, 0.15) is 0 Å². The van der Waals surface area contributed by atoms with Crippen LogP contribution in [0.5, 0.6) is 0 Å². The maximum Gasteiger partial charge on any atom is 0.0154 e. The van der Waals surface area contributed by atoms with Crippen molar-refractivity contribution < 1.29 is 0 Å². The predicted molar refractivity (Wildman–Crippen MR) is 198 cm³/mol. The van der Waals surface area contributed by atoms with E-state index >= 15 is 0 Å². The lowest BCUT2D eigenvalue weighted by Gasteiger charge is -2.63. The smallest absolute Gasteiger partial charge is 0.0154 e. The summed E-state index contributed by atoms with van der Waals surface area (Å²) >= 11 is 4.56. The Kier molecular flexibility index (Phi) is 15.6. The third kappa shape index (κ3) is 10.1. The number of thiol groups is 1. The van der Waals surface area contributed by atoms with Crippen LogP contribution in [0.3, 0.4) is 0 Å². The second-order valence-corrected chi connectivity index (χ2v) is 17.3. The van der Waals surface area contributed by atoms with E-state index in [0.29, 0.717) is 11.8 Å². The molecule has 43 heavy (non-hydrogen) atoms. The van der Waals surface area contributed by atoms with Gasteiger partial charge in [-0.05, 0) is 96.4 Å². The molecule has 2 nitrogen and oxygen atoms in total. The lowest BCUT2D eigenvalue weighted by Crippen LogP contribution is -2.55. The van der Waals surface area contributed by atoms with Gasteiger partial charge in [-0.3, -0.25) is 0 Å². The molecule has 0 aliphatic rings. The van der Waals surface area contributed by atoms with E-state index in [0.717, 1.165) is 31.8 Å². The summed E-state index contributed by atoms with van der Waals surface area (Å²) < 4.78 is 0. The van der Waals surface area contributed by atoms with Crippen LogP contribution < -0.4 is 5.32 Å². The molecule has 3 unspecified atom stereocenters. The first kappa shape index (κ1) is 40.3. The molecule has 250 valence electrons. The Morgan fingerprint density at radius 3 is 1.95 bits per heavy atom. The third-order valence-corrected chi connectivity index (χ3v) is 12.7. The van der Waals surface area contributed by atoms with Gasteiger partial charge in [0.05, 0.1) is 0 Å². The van der Waals surface area contributed by atoms with Crippen molar-refractivity contribution in [3.8, 4) is 0 Å². The zero-order valence-electron chi connectivity index (χ0n) is 31.3. The van der Waals surface area contributed by atoms with Crippen molar-refractivity contribution in [3.63, 3.8) is 0 Å². The van der Waals surface area contributed by atoms with Crippen molar-refractivity contribution in [3.05, 3.63) is 47.5 Å². The number of unbranched alkanes of at least 4 members (excludes halogenated alkanes) is 2. The van der Waals surface area contributed by atoms with Gasteiger partial charge < -0.3 is 10.2 Å². The quantitative estimate of drug-likeness (QED) is 0.0863. The van der Waals surface area contributed by atoms with Crippen LogP contribution in [0.2, 0.25) is 0 Å². The third-order valence-electron chi connectivity index (χ3n) is 12.4. The lowest BCUT2D eigenvalue weighted by atomic mass is 9.41. The molecule has 3 heteroatoms. The molecule has 0 aromatic heterocycles. The van der Waals surface area contributed by atoms with Gasteiger partial charge in [-0.1, -0.05) is 139 Å². The van der Waals surface area contributed by atoms with Crippen LogP contribution >= 0.6 is 12.6 Å². The lowest BCUT2D eigenvalue weighted by molar-refractivity contribution is -0.0935. The van der Waals surface area contributed by atoms with Gasteiger partial charge >= 0.3 is 0 Å². The van der Waals surface area contributed by atoms with E-state index in [1.54, 1.807) is 0 Å². The minimum Gasteiger partial charge on any atom is -0.315 e. The van der Waals surface area contributed by atoms with Gasteiger partial charge in [-0.15, -0.1) is 0 Å². The highest BCUT2D eigenvalue weighted by atomic mass is 32.1. The van der Waals surface area contributed by atoms with Crippen molar-refractivity contribution in [2.45, 2.75) is 140 Å². The Morgan fingerprint density at radius 1 is 0.884 bits per heavy atom. The molecule has 1 aromatic carbocycles. The van der Waals surface area contributed by atoms with Gasteiger partial charge in [0.2, 0.25) is 0 Å². The fraction of sp³-hybridized carbons (Fsp3) is 0.800. The summed E-state index contributed by atoms with van der Waals surface area (Å²) in [5, 5.41) is 3.62. The second kappa shape index (κ2) is 16.7. The first-order valence-electron chi connectivity index (χ1n) is 17.4. The summed E-state index contributed by atoms with van der Waals surface area (Å²) in [6, 6.07) is 9.43. The molecular weight excluding hydrogens is 541 g/mol. The molecule has 0 bridgehead atoms. The average molecular weight is 615 g/mol. The minimum absolute atomic E-state index is 0.00985. The normalized spacial score (nSPS) is 16.3. The van der Waals surface area contributed by atoms with Crippen molar-refractivity contribution >= 4 is 12.6 Å². The molecule has 0 saturated carbocycles. The number of nitrogens with one attached hydrogen (secondary N) is 1. The largest absolute Gasteiger partial charge is 0.315 e. The highest BCUT2D eigenvalue weighted by molar-refractivity contribution is 7.79. The fourth-order valence-electron chi connectivity index (χ4n) is 7.53. The molecule has 1 rings (SSSR count). The van der Waals surface area contributed by atoms with E-state index in [1.165, 1.54) is 55.2 Å². The molecule has 0 spiro atoms. The highest BCUT2D eigenvalue weighted by Gasteiger charge is 2.59. The Labute approximate surface area is 276 Å². The first-order valence-corrected chi connectivity index (χ1v) is 18.1. The molecule has 0 heterocycles. The van der Waals surface area contributed by atoms with Crippen LogP contribution in [0.1, 0.15) is 145 Å². The van der Waals surface area contributed by atoms with E-state index < -0.39 is 0 Å². The topological polar surface area (TPSA) is 15.3 Å². The Balaban J connectivity index is 3.48. The standard InChI is InChI=1S/C40H74N2S/c1-16-17-20-31(2)37(7,8)29-35(34-24-22-33(30-43)23-25-34)38(9,10)39(11,12)40(13,36(4,5)6)32(3)21-18-19-26-41-27-28-42(14)15/h22-25,31,35,41,43H,3,16-21,26-30H2,1-2,4-15H3. The van der Waals surface area contributed by atoms with Gasteiger partial charge in [0.25, 0.3) is 0 Å². The first-order chi connectivity index (χ1) is 19.7. The molecule has 0 saturated heterocycles. The van der Waals surface area contributed by atoms with E-state index in [1.807, 2.05) is 0 Å². The van der Waals surface area contributed by atoms with Crippen LogP contribution in [-0.2, 0) is 5.75 Å². The molecular formula is C40H74N2S. The van der Waals surface area contributed by atoms with E-state index in [2.05, 4.69) is 144 Å². The number of allylic oxidation sites excluding steroid dienone is 1. The summed E-state index contributed by atoms with van der Waals surface area (Å²) in [5.41, 5.74) is 4.44. The molecule has 0 fully saturated rings. The van der Waals surface area contributed by atoms with Crippen LogP contribution in [0.4, 0.5) is 0 Å². The molecule has 3 atom stereocenters. The summed E-state index contributed by atoms with van der Waals surface area (Å²) in [4.78, 5) is 2.24. The molecule has 1 N–H and O–H groups in total. The summed E-state index contributed by atoms with van der Waals surface area (Å²) in [5.74, 6) is 1.89. The van der Waals surface area contributed by atoms with Crippen LogP contribution in [0.25, 0.3) is 0 Å². The highest BCUT2D eigenvalue weighted by Crippen LogP contribution is 2.67. The minimum atomic E-state index is -0.0525. The number of hydrogen-bond acceptors (Lipinski definition) is 3. The number of nitrogens with zero attached hydrogens (tertiary/aromatic N) is 1. The summed E-state index contributed by atoms with van der Waals surface area (Å²) in [6.45, 7) is 38.1. The van der Waals surface area contributed by atoms with E-state index in [9.17, 15) is 0 Å². The number of likely N-dealkylation sites (N-methyl/N-ethyl adjacent to an activating group) is 1. The van der Waals surface area contributed by atoms with Gasteiger partial charge in [0, 0.05) is 18.8 Å². The number of hydrogen-bond donors (Lipinski definition) is 2. The van der Waals surface area contributed by atoms with Gasteiger partial charge in [0.15, 0.2) is 0 Å². The molecule has 0 radical (unpaired) electrons. The van der Waals surface area contributed by atoms with Crippen molar-refractivity contribution in [2.24, 2.45) is 33.0 Å². The van der Waals surface area contributed by atoms with Crippen LogP contribution in [-0.4, -0.2) is 38.6 Å². The molecule has 0 aliphatic carbocycles. The van der Waals surface area contributed by atoms with Gasteiger partial charge in [-0.25, -0.2) is 0 Å². The van der Waals surface area contributed by atoms with Crippen molar-refractivity contribution in [2.75, 3.05) is 33.7 Å². The fourth-order valence-corrected chi connectivity index (χ4v) is 7.74. The van der Waals surface area contributed by atoms with Crippen molar-refractivity contribution in [1.29, 1.82) is 0 Å². The molecule has 0 amide bonds. The average Bonchev–Trinajstić information content (AvgIpc) is 2.92. The Hall–Kier alpha value is -0.770. The maximum absolute atomic E-state index is 4.89. The van der Waals surface area contributed by atoms with E-state index in [-0.39, 0.29) is 27.1 Å². The number of rotatable bonds is 20. The Bertz CT molecular complexity index is 950. The predicted octanol–water partition coefficient (Wildman–Crippen LogP) is 11.4. The molecule has 0 aliphatic heterocycles. The maximum atomic E-state index is 4.89. The molecule has 1 aromatic rings. The summed E-state index contributed by atoms with van der Waals surface area (Å²) in [6.07, 6.45) is 8.54.